The number of benzene rings is 1. The predicted molar refractivity (Wildman–Crippen MR) is 89.2 cm³/mol. The lowest BCUT2D eigenvalue weighted by molar-refractivity contribution is -0.130. The average Bonchev–Trinajstić information content (AvgIpc) is 2.58. The van der Waals surface area contributed by atoms with Crippen molar-refractivity contribution in [3.05, 3.63) is 35.4 Å². The van der Waals surface area contributed by atoms with Crippen molar-refractivity contribution in [2.45, 2.75) is 70.3 Å². The molecule has 2 heteroatoms. The maximum absolute atomic E-state index is 11.9. The molecule has 120 valence electrons. The van der Waals surface area contributed by atoms with Crippen molar-refractivity contribution < 1.29 is 9.53 Å². The highest BCUT2D eigenvalue weighted by Gasteiger charge is 2.36. The van der Waals surface area contributed by atoms with Gasteiger partial charge in [-0.15, -0.1) is 0 Å². The molecule has 2 aliphatic carbocycles. The lowest BCUT2D eigenvalue weighted by Crippen LogP contribution is -2.33. The second kappa shape index (κ2) is 6.95. The van der Waals surface area contributed by atoms with Crippen LogP contribution in [0.3, 0.4) is 0 Å². The summed E-state index contributed by atoms with van der Waals surface area (Å²) in [6.07, 6.45) is 7.44. The van der Waals surface area contributed by atoms with E-state index in [1.165, 1.54) is 36.8 Å². The number of rotatable bonds is 5. The van der Waals surface area contributed by atoms with Crippen LogP contribution >= 0.6 is 0 Å². The summed E-state index contributed by atoms with van der Waals surface area (Å²) in [5.74, 6) is 1.53. The quantitative estimate of drug-likeness (QED) is 0.778. The topological polar surface area (TPSA) is 26.3 Å². The van der Waals surface area contributed by atoms with E-state index in [-0.39, 0.29) is 11.8 Å². The van der Waals surface area contributed by atoms with Crippen molar-refractivity contribution in [1.29, 1.82) is 0 Å². The average molecular weight is 300 g/mol. The van der Waals surface area contributed by atoms with Crippen molar-refractivity contribution in [2.75, 3.05) is 6.61 Å². The number of Topliss-reactive ketones (excluding diaryl/α,β-unsaturated/α-hetero) is 1. The Morgan fingerprint density at radius 3 is 2.23 bits per heavy atom. The van der Waals surface area contributed by atoms with Gasteiger partial charge in [0.05, 0.1) is 6.10 Å². The Hall–Kier alpha value is -1.15. The summed E-state index contributed by atoms with van der Waals surface area (Å²) in [5, 5.41) is 0. The zero-order chi connectivity index (χ0) is 15.5. The van der Waals surface area contributed by atoms with Crippen LogP contribution in [0.1, 0.15) is 75.3 Å². The summed E-state index contributed by atoms with van der Waals surface area (Å²) in [7, 11) is 0. The van der Waals surface area contributed by atoms with Gasteiger partial charge in [0.15, 0.2) is 0 Å². The van der Waals surface area contributed by atoms with Crippen molar-refractivity contribution >= 4 is 5.78 Å². The first-order valence-corrected chi connectivity index (χ1v) is 8.94. The van der Waals surface area contributed by atoms with Gasteiger partial charge in [0.2, 0.25) is 0 Å². The summed E-state index contributed by atoms with van der Waals surface area (Å²) in [5.41, 5.74) is 2.66. The van der Waals surface area contributed by atoms with E-state index in [0.29, 0.717) is 17.8 Å². The highest BCUT2D eigenvalue weighted by atomic mass is 16.5. The third-order valence-electron chi connectivity index (χ3n) is 5.46. The Morgan fingerprint density at radius 1 is 1.05 bits per heavy atom. The van der Waals surface area contributed by atoms with Gasteiger partial charge in [-0.3, -0.25) is 4.79 Å². The smallest absolute Gasteiger partial charge is 0.143 e. The van der Waals surface area contributed by atoms with Crippen LogP contribution in [0.25, 0.3) is 0 Å². The molecule has 2 fully saturated rings. The molecule has 0 bridgehead atoms. The van der Waals surface area contributed by atoms with Gasteiger partial charge < -0.3 is 4.74 Å². The minimum Gasteiger partial charge on any atom is -0.378 e. The Bertz CT molecular complexity index is 497. The minimum absolute atomic E-state index is 0.169. The Morgan fingerprint density at radius 2 is 1.68 bits per heavy atom. The van der Waals surface area contributed by atoms with E-state index < -0.39 is 0 Å². The summed E-state index contributed by atoms with van der Waals surface area (Å²) in [4.78, 5) is 11.9. The summed E-state index contributed by atoms with van der Waals surface area (Å²) in [6, 6.07) is 8.87. The monoisotopic (exact) mass is 300 g/mol. The van der Waals surface area contributed by atoms with Gasteiger partial charge >= 0.3 is 0 Å². The Kier molecular flexibility index (Phi) is 4.97. The Balaban J connectivity index is 1.54. The molecular weight excluding hydrogens is 272 g/mol. The van der Waals surface area contributed by atoms with Gasteiger partial charge in [-0.1, -0.05) is 38.1 Å². The standard InChI is InChI=1S/C20H28O2/c1-3-12-22-18-10-8-16(9-11-18)15-4-6-17(7-5-15)19-13-14(2)20(19)21/h4-7,14,16,18-19H,3,8-13H2,1-2H3. The van der Waals surface area contributed by atoms with Gasteiger partial charge in [-0.25, -0.2) is 0 Å². The first kappa shape index (κ1) is 15.7. The molecule has 1 aromatic rings. The van der Waals surface area contributed by atoms with E-state index in [9.17, 15) is 4.79 Å². The van der Waals surface area contributed by atoms with E-state index in [1.807, 2.05) is 6.92 Å². The van der Waals surface area contributed by atoms with Crippen LogP contribution in [0.5, 0.6) is 0 Å². The van der Waals surface area contributed by atoms with Crippen LogP contribution in [0.2, 0.25) is 0 Å². The van der Waals surface area contributed by atoms with E-state index >= 15 is 0 Å². The van der Waals surface area contributed by atoms with Crippen molar-refractivity contribution in [3.63, 3.8) is 0 Å². The van der Waals surface area contributed by atoms with Crippen molar-refractivity contribution in [1.82, 2.24) is 0 Å². The molecule has 0 amide bonds. The molecule has 2 nitrogen and oxygen atoms in total. The van der Waals surface area contributed by atoms with E-state index in [1.54, 1.807) is 0 Å². The number of carbonyl (C=O) groups excluding carboxylic acids is 1. The maximum atomic E-state index is 11.9. The molecular formula is C20H28O2. The van der Waals surface area contributed by atoms with Crippen LogP contribution in [-0.2, 0) is 9.53 Å². The van der Waals surface area contributed by atoms with Gasteiger partial charge in [-0.2, -0.15) is 0 Å². The molecule has 2 aliphatic rings. The lowest BCUT2D eigenvalue weighted by Gasteiger charge is -2.32. The molecule has 0 saturated heterocycles. The second-order valence-electron chi connectivity index (χ2n) is 7.10. The van der Waals surface area contributed by atoms with Gasteiger partial charge in [-0.05, 0) is 55.6 Å². The molecule has 2 unspecified atom stereocenters. The van der Waals surface area contributed by atoms with Gasteiger partial charge in [0, 0.05) is 18.4 Å². The van der Waals surface area contributed by atoms with Crippen LogP contribution < -0.4 is 0 Å². The molecule has 0 N–H and O–H groups in total. The van der Waals surface area contributed by atoms with Gasteiger partial charge in [0.25, 0.3) is 0 Å². The zero-order valence-corrected chi connectivity index (χ0v) is 13.9. The fraction of sp³-hybridized carbons (Fsp3) is 0.650. The largest absolute Gasteiger partial charge is 0.378 e. The minimum atomic E-state index is 0.169. The van der Waals surface area contributed by atoms with Crippen molar-refractivity contribution in [3.8, 4) is 0 Å². The van der Waals surface area contributed by atoms with E-state index in [0.717, 1.165) is 19.4 Å². The Labute approximate surface area is 134 Å². The van der Waals surface area contributed by atoms with Crippen LogP contribution in [0.15, 0.2) is 24.3 Å². The number of ether oxygens (including phenoxy) is 1. The molecule has 3 rings (SSSR count). The maximum Gasteiger partial charge on any atom is 0.143 e. The summed E-state index contributed by atoms with van der Waals surface area (Å²) in [6.45, 7) is 5.10. The fourth-order valence-electron chi connectivity index (χ4n) is 3.92. The van der Waals surface area contributed by atoms with Crippen LogP contribution in [0.4, 0.5) is 0 Å². The van der Waals surface area contributed by atoms with Crippen LogP contribution in [0, 0.1) is 5.92 Å². The highest BCUT2D eigenvalue weighted by molar-refractivity contribution is 5.93. The molecule has 0 aliphatic heterocycles. The number of hydrogen-bond donors (Lipinski definition) is 0. The highest BCUT2D eigenvalue weighted by Crippen LogP contribution is 2.39. The zero-order valence-electron chi connectivity index (χ0n) is 13.9. The fourth-order valence-corrected chi connectivity index (χ4v) is 3.92. The van der Waals surface area contributed by atoms with E-state index in [2.05, 4.69) is 31.2 Å². The first-order valence-electron chi connectivity index (χ1n) is 8.94. The van der Waals surface area contributed by atoms with Gasteiger partial charge in [0.1, 0.15) is 5.78 Å². The second-order valence-corrected chi connectivity index (χ2v) is 7.10. The summed E-state index contributed by atoms with van der Waals surface area (Å²) < 4.78 is 5.87. The molecule has 0 radical (unpaired) electrons. The lowest BCUT2D eigenvalue weighted by atomic mass is 9.71. The van der Waals surface area contributed by atoms with Crippen LogP contribution in [-0.4, -0.2) is 18.5 Å². The number of hydrogen-bond acceptors (Lipinski definition) is 2. The molecule has 0 aromatic heterocycles. The first-order chi connectivity index (χ1) is 10.7. The van der Waals surface area contributed by atoms with E-state index in [4.69, 9.17) is 4.74 Å². The van der Waals surface area contributed by atoms with Crippen molar-refractivity contribution in [2.24, 2.45) is 5.92 Å². The predicted octanol–water partition coefficient (Wildman–Crippen LogP) is 4.83. The number of carbonyl (C=O) groups is 1. The molecule has 22 heavy (non-hydrogen) atoms. The summed E-state index contributed by atoms with van der Waals surface area (Å²) >= 11 is 0. The normalized spacial score (nSPS) is 31.8. The third kappa shape index (κ3) is 3.27. The number of ketones is 1. The molecule has 2 saturated carbocycles. The molecule has 0 spiro atoms. The molecule has 0 heterocycles. The molecule has 2 atom stereocenters. The third-order valence-corrected chi connectivity index (χ3v) is 5.46. The SMILES string of the molecule is CCCOC1CCC(c2ccc(C3CC(C)C3=O)cc2)CC1. The molecule has 1 aromatic carbocycles.